The molecular weight excluding hydrogens is 557 g/mol. The monoisotopic (exact) mass is 583 g/mol. The van der Waals surface area contributed by atoms with Crippen LogP contribution >= 0.6 is 0 Å². The Bertz CT molecular complexity index is 1460. The van der Waals surface area contributed by atoms with Gasteiger partial charge in [-0.3, -0.25) is 0 Å². The fourth-order valence-corrected chi connectivity index (χ4v) is 4.39. The number of rotatable bonds is 10. The number of halogens is 5. The van der Waals surface area contributed by atoms with Gasteiger partial charge >= 0.3 is 12.2 Å². The second-order valence-electron chi connectivity index (χ2n) is 9.97. The Labute approximate surface area is 226 Å². The maximum atomic E-state index is 14.9. The van der Waals surface area contributed by atoms with E-state index >= 15 is 0 Å². The fourth-order valence-electron chi connectivity index (χ4n) is 3.64. The summed E-state index contributed by atoms with van der Waals surface area (Å²) in [6.07, 6.45) is -0.127. The Morgan fingerprint density at radius 2 is 1.85 bits per heavy atom. The van der Waals surface area contributed by atoms with E-state index in [0.29, 0.717) is 6.61 Å². The standard InChI is InChI=1S/C25H26F5N5O4Si/c1-40(2,3)9-8-37-14-35-13-16(25(28,29)30)21-19(4-5-32-23(21)35)39-22-17(26)10-15(11-18(22)27)34-24(36)33-12-20-31-6-7-38-20/h4-7,10-11,13H,8-9,12,14H2,1-3H3,(H2,33,34,36). The topological polar surface area (TPSA) is 103 Å². The van der Waals surface area contributed by atoms with Crippen molar-refractivity contribution in [3.8, 4) is 11.5 Å². The molecule has 0 aliphatic heterocycles. The minimum Gasteiger partial charge on any atom is -0.450 e. The third-order valence-electron chi connectivity index (χ3n) is 5.60. The summed E-state index contributed by atoms with van der Waals surface area (Å²) in [5.74, 6) is -3.71. The summed E-state index contributed by atoms with van der Waals surface area (Å²) in [5, 5.41) is 4.16. The van der Waals surface area contributed by atoms with Gasteiger partial charge in [-0.15, -0.1) is 0 Å². The van der Waals surface area contributed by atoms with Crippen LogP contribution in [-0.4, -0.2) is 35.2 Å². The Balaban J connectivity index is 1.56. The number of nitrogens with zero attached hydrogens (tertiary/aromatic N) is 3. The van der Waals surface area contributed by atoms with E-state index in [-0.39, 0.29) is 30.5 Å². The van der Waals surface area contributed by atoms with Crippen LogP contribution in [0.3, 0.4) is 0 Å². The van der Waals surface area contributed by atoms with Crippen LogP contribution in [-0.2, 0) is 24.2 Å². The highest BCUT2D eigenvalue weighted by Crippen LogP contribution is 2.42. The van der Waals surface area contributed by atoms with E-state index in [4.69, 9.17) is 13.9 Å². The van der Waals surface area contributed by atoms with E-state index in [1.54, 1.807) is 0 Å². The van der Waals surface area contributed by atoms with Gasteiger partial charge in [0.2, 0.25) is 5.89 Å². The number of fused-ring (bicyclic) bond motifs is 1. The van der Waals surface area contributed by atoms with Crippen LogP contribution in [0.1, 0.15) is 11.5 Å². The molecule has 0 saturated carbocycles. The number of benzene rings is 1. The van der Waals surface area contributed by atoms with Gasteiger partial charge in [-0.2, -0.15) is 13.2 Å². The molecular formula is C25H26F5N5O4Si. The number of oxazole rings is 1. The average molecular weight is 584 g/mol. The summed E-state index contributed by atoms with van der Waals surface area (Å²) in [6, 6.07) is 2.62. The van der Waals surface area contributed by atoms with Gasteiger partial charge in [-0.25, -0.2) is 23.5 Å². The van der Waals surface area contributed by atoms with Crippen molar-refractivity contribution in [2.24, 2.45) is 0 Å². The molecule has 3 aromatic heterocycles. The summed E-state index contributed by atoms with van der Waals surface area (Å²) >= 11 is 0. The molecule has 4 aromatic rings. The van der Waals surface area contributed by atoms with E-state index in [0.717, 1.165) is 30.4 Å². The molecule has 0 saturated heterocycles. The predicted octanol–water partition coefficient (Wildman–Crippen LogP) is 6.75. The van der Waals surface area contributed by atoms with E-state index in [1.807, 2.05) is 0 Å². The molecule has 0 unspecified atom stereocenters. The van der Waals surface area contributed by atoms with Crippen LogP contribution in [0.15, 0.2) is 47.5 Å². The van der Waals surface area contributed by atoms with Gasteiger partial charge in [-0.05, 0) is 12.1 Å². The molecule has 214 valence electrons. The van der Waals surface area contributed by atoms with Crippen LogP contribution < -0.4 is 15.4 Å². The number of hydrogen-bond donors (Lipinski definition) is 2. The molecule has 1 aromatic carbocycles. The van der Waals surface area contributed by atoms with Gasteiger partial charge in [0.1, 0.15) is 24.4 Å². The van der Waals surface area contributed by atoms with E-state index in [9.17, 15) is 26.7 Å². The lowest BCUT2D eigenvalue weighted by molar-refractivity contribution is -0.136. The molecule has 40 heavy (non-hydrogen) atoms. The summed E-state index contributed by atoms with van der Waals surface area (Å²) in [4.78, 5) is 19.9. The number of amides is 2. The highest BCUT2D eigenvalue weighted by atomic mass is 28.3. The number of anilines is 1. The minimum atomic E-state index is -4.81. The van der Waals surface area contributed by atoms with Gasteiger partial charge < -0.3 is 29.1 Å². The molecule has 0 fully saturated rings. The highest BCUT2D eigenvalue weighted by Gasteiger charge is 2.37. The van der Waals surface area contributed by atoms with E-state index < -0.39 is 54.4 Å². The number of nitrogens with one attached hydrogen (secondary N) is 2. The predicted molar refractivity (Wildman–Crippen MR) is 138 cm³/mol. The molecule has 4 rings (SSSR count). The first kappa shape index (κ1) is 29.0. The molecule has 15 heteroatoms. The van der Waals surface area contributed by atoms with Crippen molar-refractivity contribution in [2.45, 2.75) is 45.1 Å². The molecule has 9 nitrogen and oxygen atoms in total. The number of carbonyl (C=O) groups is 1. The van der Waals surface area contributed by atoms with Gasteiger partial charge in [0.25, 0.3) is 0 Å². The summed E-state index contributed by atoms with van der Waals surface area (Å²) in [7, 11) is -1.42. The lowest BCUT2D eigenvalue weighted by atomic mass is 10.2. The van der Waals surface area contributed by atoms with Gasteiger partial charge in [0.05, 0.1) is 23.7 Å². The molecule has 2 amide bonds. The van der Waals surface area contributed by atoms with Crippen molar-refractivity contribution >= 4 is 30.8 Å². The number of hydrogen-bond acceptors (Lipinski definition) is 6. The number of pyridine rings is 1. The minimum absolute atomic E-state index is 0.0758. The smallest absolute Gasteiger partial charge is 0.418 e. The summed E-state index contributed by atoms with van der Waals surface area (Å²) in [5.41, 5.74) is -1.48. The van der Waals surface area contributed by atoms with Crippen LogP contribution in [0, 0.1) is 11.6 Å². The maximum absolute atomic E-state index is 14.9. The molecule has 0 bridgehead atoms. The molecule has 0 atom stereocenters. The second kappa shape index (κ2) is 11.6. The number of urea groups is 1. The van der Waals surface area contributed by atoms with Gasteiger partial charge in [0, 0.05) is 44.9 Å². The zero-order chi connectivity index (χ0) is 29.1. The summed E-state index contributed by atoms with van der Waals surface area (Å²) < 4.78 is 88.7. The third-order valence-corrected chi connectivity index (χ3v) is 7.31. The zero-order valence-electron chi connectivity index (χ0n) is 21.7. The van der Waals surface area contributed by atoms with Crippen molar-refractivity contribution in [2.75, 3.05) is 11.9 Å². The lowest BCUT2D eigenvalue weighted by Crippen LogP contribution is -2.28. The van der Waals surface area contributed by atoms with Gasteiger partial charge in [0.15, 0.2) is 17.4 Å². The number of alkyl halides is 3. The molecule has 0 aliphatic rings. The Morgan fingerprint density at radius 1 is 1.12 bits per heavy atom. The van der Waals surface area contributed by atoms with Gasteiger partial charge in [-0.1, -0.05) is 19.6 Å². The van der Waals surface area contributed by atoms with E-state index in [2.05, 4.69) is 40.2 Å². The summed E-state index contributed by atoms with van der Waals surface area (Å²) in [6.45, 7) is 6.52. The molecule has 0 radical (unpaired) electrons. The number of aromatic nitrogens is 3. The van der Waals surface area contributed by atoms with Crippen LogP contribution in [0.2, 0.25) is 25.7 Å². The fraction of sp³-hybridized carbons (Fsp3) is 0.320. The number of ether oxygens (including phenoxy) is 2. The largest absolute Gasteiger partial charge is 0.450 e. The van der Waals surface area contributed by atoms with Crippen LogP contribution in [0.4, 0.5) is 32.4 Å². The Kier molecular flexibility index (Phi) is 8.44. The molecule has 3 heterocycles. The lowest BCUT2D eigenvalue weighted by Gasteiger charge is -2.15. The molecule has 2 N–H and O–H groups in total. The van der Waals surface area contributed by atoms with E-state index in [1.165, 1.54) is 23.2 Å². The average Bonchev–Trinajstić information content (AvgIpc) is 3.51. The Morgan fingerprint density at radius 3 is 2.48 bits per heavy atom. The van der Waals surface area contributed by atoms with Crippen molar-refractivity contribution < 1.29 is 40.6 Å². The quantitative estimate of drug-likeness (QED) is 0.122. The SMILES string of the molecule is C[Si](C)(C)CCOCn1cc(C(F)(F)F)c2c(Oc3c(F)cc(NC(=O)NCc4ncco4)cc3F)ccnc21. The normalized spacial score (nSPS) is 12.1. The third kappa shape index (κ3) is 7.15. The highest BCUT2D eigenvalue weighted by molar-refractivity contribution is 6.76. The Hall–Kier alpha value is -3.98. The zero-order valence-corrected chi connectivity index (χ0v) is 22.7. The van der Waals surface area contributed by atoms with Crippen molar-refractivity contribution in [3.63, 3.8) is 0 Å². The van der Waals surface area contributed by atoms with Crippen molar-refractivity contribution in [3.05, 3.63) is 66.1 Å². The first-order valence-corrected chi connectivity index (χ1v) is 15.8. The van der Waals surface area contributed by atoms with Crippen LogP contribution in [0.25, 0.3) is 11.0 Å². The first-order chi connectivity index (χ1) is 18.8. The molecule has 0 spiro atoms. The first-order valence-electron chi connectivity index (χ1n) is 12.0. The van der Waals surface area contributed by atoms with Crippen LogP contribution in [0.5, 0.6) is 11.5 Å². The van der Waals surface area contributed by atoms with Crippen molar-refractivity contribution in [1.82, 2.24) is 19.9 Å². The number of carbonyl (C=O) groups excluding carboxylic acids is 1. The second-order valence-corrected chi connectivity index (χ2v) is 15.6. The maximum Gasteiger partial charge on any atom is 0.418 e. The molecule has 0 aliphatic carbocycles. The van der Waals surface area contributed by atoms with Crippen molar-refractivity contribution in [1.29, 1.82) is 0 Å².